The molecule has 1 fully saturated rings. The Bertz CT molecular complexity index is 2830. The lowest BCUT2D eigenvalue weighted by atomic mass is 10.0. The molecular formula is C40H36ClF9N10O3S. The fourth-order valence-electron chi connectivity index (χ4n) is 8.34. The first-order valence-corrected chi connectivity index (χ1v) is 21.1. The third kappa shape index (κ3) is 8.67. The van der Waals surface area contributed by atoms with E-state index >= 15 is 8.78 Å². The van der Waals surface area contributed by atoms with Crippen molar-refractivity contribution in [2.24, 2.45) is 13.0 Å². The molecule has 3 atom stereocenters. The van der Waals surface area contributed by atoms with Crippen LogP contribution in [0.5, 0.6) is 5.88 Å². The Morgan fingerprint density at radius 1 is 1.09 bits per heavy atom. The predicted octanol–water partition coefficient (Wildman–Crippen LogP) is 8.00. The summed E-state index contributed by atoms with van der Waals surface area (Å²) < 4.78 is 139. The Kier molecular flexibility index (Phi) is 12.0. The van der Waals surface area contributed by atoms with Gasteiger partial charge in [0.25, 0.3) is 17.9 Å². The van der Waals surface area contributed by atoms with Gasteiger partial charge in [-0.2, -0.15) is 37.1 Å². The van der Waals surface area contributed by atoms with Gasteiger partial charge in [-0.15, -0.1) is 0 Å². The van der Waals surface area contributed by atoms with Crippen LogP contribution in [0.4, 0.5) is 45.3 Å². The summed E-state index contributed by atoms with van der Waals surface area (Å²) in [7, 11) is 2.87. The van der Waals surface area contributed by atoms with Gasteiger partial charge in [-0.05, 0) is 61.7 Å². The van der Waals surface area contributed by atoms with Crippen molar-refractivity contribution in [1.29, 1.82) is 0 Å². The normalized spacial score (nSPS) is 17.0. The first kappa shape index (κ1) is 45.0. The molecule has 3 unspecified atom stereocenters. The highest BCUT2D eigenvalue weighted by Crippen LogP contribution is 2.68. The molecule has 0 bridgehead atoms. The molecule has 1 amide bonds. The van der Waals surface area contributed by atoms with Crippen LogP contribution < -0.4 is 20.3 Å². The molecule has 4 heterocycles. The van der Waals surface area contributed by atoms with Crippen molar-refractivity contribution in [1.82, 2.24) is 44.3 Å². The minimum absolute atomic E-state index is 0.0153. The third-order valence-electron chi connectivity index (χ3n) is 10.9. The largest absolute Gasteiger partial charge is 0.478 e. The maximum Gasteiger partial charge on any atom is 0.401 e. The lowest BCUT2D eigenvalue weighted by Gasteiger charge is -2.24. The fraction of sp³-hybridized carbons (Fsp3) is 0.400. The second kappa shape index (κ2) is 17.1. The highest BCUT2D eigenvalue weighted by Gasteiger charge is 2.67. The number of rotatable bonds is 16. The number of carbonyl (C=O) groups is 1. The summed E-state index contributed by atoms with van der Waals surface area (Å²) in [4.78, 5) is 39.1. The molecular weight excluding hydrogens is 907 g/mol. The molecule has 0 spiro atoms. The smallest absolute Gasteiger partial charge is 0.401 e. The zero-order valence-electron chi connectivity index (χ0n) is 33.8. The Morgan fingerprint density at radius 2 is 1.83 bits per heavy atom. The number of benzene rings is 2. The zero-order valence-corrected chi connectivity index (χ0v) is 35.4. The van der Waals surface area contributed by atoms with Gasteiger partial charge in [-0.1, -0.05) is 23.5 Å². The van der Waals surface area contributed by atoms with Crippen LogP contribution in [0.1, 0.15) is 59.6 Å². The number of halogens is 10. The monoisotopic (exact) mass is 942 g/mol. The number of pyridine rings is 1. The van der Waals surface area contributed by atoms with Crippen molar-refractivity contribution >= 4 is 57.2 Å². The number of alkyl halides is 7. The molecule has 8 rings (SSSR count). The van der Waals surface area contributed by atoms with Crippen LogP contribution in [0.25, 0.3) is 27.6 Å². The van der Waals surface area contributed by atoms with E-state index in [0.29, 0.717) is 22.0 Å². The molecule has 340 valence electrons. The van der Waals surface area contributed by atoms with E-state index < -0.39 is 90.4 Å². The van der Waals surface area contributed by atoms with Gasteiger partial charge in [0.1, 0.15) is 35.4 Å². The third-order valence-corrected chi connectivity index (χ3v) is 11.7. The number of fused-ring (bicyclic) bond motifs is 5. The van der Waals surface area contributed by atoms with E-state index in [4.69, 9.17) is 21.3 Å². The molecule has 2 N–H and O–H groups in total. The molecule has 13 nitrogen and oxygen atoms in total. The summed E-state index contributed by atoms with van der Waals surface area (Å²) in [6, 6.07) is 6.64. The average Bonchev–Trinajstić information content (AvgIpc) is 3.74. The molecule has 2 aromatic carbocycles. The SMILES string of the molecule is CSNc1nn(C)c2c(-n3c(C(Cc4cc(F)cc(F)c4)NC(=O)Cn4nc(C(F)F)c5c4C(F)(F)C4CC54)nc4nc(OCCCN(C)CC(F)(F)F)ccc4c3=O)ccc(Cl)c12. The number of amides is 1. The van der Waals surface area contributed by atoms with Crippen molar-refractivity contribution in [2.45, 2.75) is 56.3 Å². The first-order valence-electron chi connectivity index (χ1n) is 19.5. The molecule has 2 aliphatic rings. The molecule has 6 aromatic rings. The molecule has 0 radical (unpaired) electrons. The second-order valence-electron chi connectivity index (χ2n) is 15.5. The Morgan fingerprint density at radius 3 is 2.52 bits per heavy atom. The number of nitrogens with one attached hydrogen (secondary N) is 2. The van der Waals surface area contributed by atoms with Gasteiger partial charge in [0.05, 0.1) is 46.2 Å². The quantitative estimate of drug-likeness (QED) is 0.0559. The minimum atomic E-state index is -4.40. The average molecular weight is 943 g/mol. The number of nitrogens with zero attached hydrogens (tertiary/aromatic N) is 8. The van der Waals surface area contributed by atoms with Crippen molar-refractivity contribution in [2.75, 3.05) is 37.7 Å². The molecule has 0 saturated heterocycles. The number of hydrogen-bond donors (Lipinski definition) is 2. The number of ether oxygens (including phenoxy) is 1. The Hall–Kier alpha value is -5.55. The number of hydrogen-bond acceptors (Lipinski definition) is 10. The lowest BCUT2D eigenvalue weighted by Crippen LogP contribution is -2.38. The van der Waals surface area contributed by atoms with Crippen molar-refractivity contribution < 1.29 is 49.0 Å². The van der Waals surface area contributed by atoms with Crippen molar-refractivity contribution in [3.8, 4) is 11.6 Å². The fourth-order valence-corrected chi connectivity index (χ4v) is 8.92. The zero-order chi connectivity index (χ0) is 46.0. The van der Waals surface area contributed by atoms with E-state index in [1.807, 2.05) is 0 Å². The first-order chi connectivity index (χ1) is 30.2. The summed E-state index contributed by atoms with van der Waals surface area (Å²) in [6.07, 6.45) is -6.22. The van der Waals surface area contributed by atoms with Gasteiger partial charge < -0.3 is 14.8 Å². The summed E-state index contributed by atoms with van der Waals surface area (Å²) >= 11 is 7.88. The molecule has 2 aliphatic carbocycles. The number of aryl methyl sites for hydroxylation is 1. The van der Waals surface area contributed by atoms with E-state index in [1.54, 1.807) is 13.3 Å². The highest BCUT2D eigenvalue weighted by molar-refractivity contribution is 7.99. The minimum Gasteiger partial charge on any atom is -0.478 e. The van der Waals surface area contributed by atoms with E-state index in [9.17, 15) is 40.3 Å². The van der Waals surface area contributed by atoms with Gasteiger partial charge in [0.2, 0.25) is 11.8 Å². The van der Waals surface area contributed by atoms with Crippen LogP contribution in [-0.2, 0) is 30.7 Å². The molecule has 1 saturated carbocycles. The topological polar surface area (TPSA) is 137 Å². The van der Waals surface area contributed by atoms with Crippen LogP contribution in [0, 0.1) is 17.6 Å². The Labute approximate surface area is 366 Å². The summed E-state index contributed by atoms with van der Waals surface area (Å²) in [5, 5.41) is 11.4. The second-order valence-corrected chi connectivity index (χ2v) is 16.6. The van der Waals surface area contributed by atoms with Crippen LogP contribution >= 0.6 is 23.5 Å². The maximum absolute atomic E-state index is 15.5. The summed E-state index contributed by atoms with van der Waals surface area (Å²) in [5.74, 6) is -8.74. The summed E-state index contributed by atoms with van der Waals surface area (Å²) in [6.45, 7) is -2.21. The number of carbonyl (C=O) groups excluding carboxylic acids is 1. The van der Waals surface area contributed by atoms with Crippen LogP contribution in [0.2, 0.25) is 5.02 Å². The van der Waals surface area contributed by atoms with Gasteiger partial charge in [-0.3, -0.25) is 28.4 Å². The van der Waals surface area contributed by atoms with Gasteiger partial charge in [0.15, 0.2) is 11.5 Å². The number of aromatic nitrogens is 7. The van der Waals surface area contributed by atoms with Crippen molar-refractivity contribution in [3.63, 3.8) is 0 Å². The van der Waals surface area contributed by atoms with Crippen LogP contribution in [-0.4, -0.2) is 84.1 Å². The highest BCUT2D eigenvalue weighted by atomic mass is 35.5. The van der Waals surface area contributed by atoms with E-state index in [1.165, 1.54) is 47.9 Å². The van der Waals surface area contributed by atoms with E-state index in [2.05, 4.69) is 25.2 Å². The van der Waals surface area contributed by atoms with Crippen molar-refractivity contribution in [3.05, 3.63) is 97.8 Å². The summed E-state index contributed by atoms with van der Waals surface area (Å²) in [5.41, 5.74) is -2.66. The molecule has 0 aliphatic heterocycles. The van der Waals surface area contributed by atoms with E-state index in [0.717, 1.165) is 21.6 Å². The molecule has 24 heteroatoms. The lowest BCUT2D eigenvalue weighted by molar-refractivity contribution is -0.143. The van der Waals surface area contributed by atoms with E-state index in [-0.39, 0.29) is 76.1 Å². The molecule has 64 heavy (non-hydrogen) atoms. The number of anilines is 1. The Balaban J connectivity index is 1.25. The van der Waals surface area contributed by atoms with Gasteiger partial charge in [0, 0.05) is 49.9 Å². The molecule has 4 aromatic heterocycles. The van der Waals surface area contributed by atoms with Crippen LogP contribution in [0.15, 0.2) is 47.3 Å². The maximum atomic E-state index is 15.5. The standard InChI is InChI=1S/C40H36ClF9N10O3S/c1-57(17-39(46,47)48)9-4-10-63-28-8-5-21-35(52-28)53-37(60(38(21)62)26-7-6-24(41)30-32(26)58(2)55-36(30)56-64-3)25(13-18-11-19(42)14-20(43)12-18)51-27(61)16-59-33-29(31(54-59)34(44)45)22-15-23(22)40(33,49)50/h5-8,11-12,14,22-23,25,34H,4,9-10,13,15-17H2,1-3H3,(H,51,61)(H,55,56). The van der Waals surface area contributed by atoms with Crippen LogP contribution in [0.3, 0.4) is 0 Å². The van der Waals surface area contributed by atoms with Gasteiger partial charge in [-0.25, -0.2) is 22.5 Å². The predicted molar refractivity (Wildman–Crippen MR) is 218 cm³/mol. The van der Waals surface area contributed by atoms with Gasteiger partial charge >= 0.3 is 6.18 Å².